The van der Waals surface area contributed by atoms with E-state index >= 15 is 0 Å². The molecule has 0 amide bonds. The monoisotopic (exact) mass is 412 g/mol. The van der Waals surface area contributed by atoms with Crippen LogP contribution in [0.5, 0.6) is 0 Å². The molecule has 4 rings (SSSR count). The lowest BCUT2D eigenvalue weighted by Gasteiger charge is -2.15. The van der Waals surface area contributed by atoms with Crippen molar-refractivity contribution in [3.05, 3.63) is 105 Å². The summed E-state index contributed by atoms with van der Waals surface area (Å²) in [5, 5.41) is 0. The Labute approximate surface area is 168 Å². The van der Waals surface area contributed by atoms with E-state index in [-0.39, 0.29) is 24.5 Å². The molecule has 6 nitrogen and oxygen atoms in total. The Bertz CT molecular complexity index is 1260. The molecule has 0 N–H and O–H groups in total. The molecule has 0 saturated carbocycles. The van der Waals surface area contributed by atoms with E-state index in [0.29, 0.717) is 11.3 Å². The smallest absolute Gasteiger partial charge is 0.328 e. The van der Waals surface area contributed by atoms with E-state index in [2.05, 4.69) is 9.97 Å². The van der Waals surface area contributed by atoms with Gasteiger partial charge < -0.3 is 4.57 Å². The van der Waals surface area contributed by atoms with E-state index in [9.17, 15) is 22.8 Å². The Morgan fingerprint density at radius 2 is 1.67 bits per heavy atom. The zero-order valence-corrected chi connectivity index (χ0v) is 15.5. The second kappa shape index (κ2) is 7.58. The highest BCUT2D eigenvalue weighted by molar-refractivity contribution is 5.54. The molecule has 2 aliphatic heterocycles. The standard InChI is InChI=1S/C21H15F3N4O2/c22-21(23,24)15-8-6-14(7-9-15)12-27-11-3-5-17-18(27)26-20(30)28(19(17)29)13-16-4-1-2-10-25-16/h1-11H,12-13H2. The van der Waals surface area contributed by atoms with Gasteiger partial charge in [0, 0.05) is 18.9 Å². The number of pyridine rings is 2. The molecule has 0 fully saturated rings. The van der Waals surface area contributed by atoms with E-state index in [1.54, 1.807) is 47.3 Å². The maximum atomic E-state index is 12.9. The summed E-state index contributed by atoms with van der Waals surface area (Å²) >= 11 is 0. The first-order chi connectivity index (χ1) is 14.3. The van der Waals surface area contributed by atoms with Gasteiger partial charge in [-0.3, -0.25) is 14.3 Å². The summed E-state index contributed by atoms with van der Waals surface area (Å²) in [5.41, 5.74) is -0.603. The molecule has 0 spiro atoms. The van der Waals surface area contributed by atoms with Crippen LogP contribution in [0.25, 0.3) is 11.4 Å². The number of rotatable bonds is 4. The van der Waals surface area contributed by atoms with Crippen molar-refractivity contribution in [2.45, 2.75) is 19.3 Å². The van der Waals surface area contributed by atoms with E-state index < -0.39 is 23.0 Å². The second-order valence-electron chi connectivity index (χ2n) is 6.67. The van der Waals surface area contributed by atoms with Crippen LogP contribution >= 0.6 is 0 Å². The summed E-state index contributed by atoms with van der Waals surface area (Å²) < 4.78 is 40.8. The van der Waals surface area contributed by atoms with Gasteiger partial charge in [0.25, 0.3) is 5.56 Å². The second-order valence-corrected chi connectivity index (χ2v) is 6.67. The first kappa shape index (κ1) is 19.6. The van der Waals surface area contributed by atoms with Gasteiger partial charge in [0.1, 0.15) is 0 Å². The first-order valence-corrected chi connectivity index (χ1v) is 8.99. The summed E-state index contributed by atoms with van der Waals surface area (Å²) in [7, 11) is 0. The van der Waals surface area contributed by atoms with Crippen molar-refractivity contribution in [2.24, 2.45) is 0 Å². The molecule has 0 aliphatic carbocycles. The Morgan fingerprint density at radius 1 is 0.900 bits per heavy atom. The minimum Gasteiger partial charge on any atom is -0.328 e. The number of halogens is 3. The summed E-state index contributed by atoms with van der Waals surface area (Å²) in [6.07, 6.45) is -1.23. The molecule has 0 radical (unpaired) electrons. The third kappa shape index (κ3) is 3.86. The lowest BCUT2D eigenvalue weighted by atomic mass is 10.1. The maximum Gasteiger partial charge on any atom is 0.416 e. The van der Waals surface area contributed by atoms with E-state index in [0.717, 1.165) is 16.7 Å². The Balaban J connectivity index is 1.71. The largest absolute Gasteiger partial charge is 0.416 e. The number of benzene rings is 1. The van der Waals surface area contributed by atoms with Crippen LogP contribution in [-0.4, -0.2) is 19.1 Å². The number of nitrogens with zero attached hydrogens (tertiary/aromatic N) is 4. The highest BCUT2D eigenvalue weighted by Crippen LogP contribution is 2.29. The maximum absolute atomic E-state index is 12.9. The van der Waals surface area contributed by atoms with Gasteiger partial charge in [0.05, 0.1) is 23.4 Å². The molecule has 1 aromatic heterocycles. The van der Waals surface area contributed by atoms with Crippen LogP contribution in [0.15, 0.2) is 76.6 Å². The topological polar surface area (TPSA) is 69.8 Å². The van der Waals surface area contributed by atoms with Gasteiger partial charge in [-0.2, -0.15) is 18.2 Å². The van der Waals surface area contributed by atoms with Gasteiger partial charge in [0.15, 0.2) is 5.82 Å². The molecular formula is C21H15F3N4O2. The van der Waals surface area contributed by atoms with Crippen LogP contribution in [0.1, 0.15) is 16.8 Å². The molecule has 1 aromatic carbocycles. The van der Waals surface area contributed by atoms with E-state index in [4.69, 9.17) is 0 Å². The van der Waals surface area contributed by atoms with Crippen LogP contribution < -0.4 is 11.2 Å². The summed E-state index contributed by atoms with van der Waals surface area (Å²) in [4.78, 5) is 33.5. The first-order valence-electron chi connectivity index (χ1n) is 8.99. The van der Waals surface area contributed by atoms with E-state index in [1.807, 2.05) is 0 Å². The Hall–Kier alpha value is -3.75. The molecule has 3 heterocycles. The highest BCUT2D eigenvalue weighted by atomic mass is 19.4. The third-order valence-corrected chi connectivity index (χ3v) is 4.63. The Kier molecular flexibility index (Phi) is 4.94. The molecule has 2 aliphatic rings. The highest BCUT2D eigenvalue weighted by Gasteiger charge is 2.30. The molecule has 30 heavy (non-hydrogen) atoms. The van der Waals surface area contributed by atoms with Gasteiger partial charge in [-0.1, -0.05) is 18.2 Å². The third-order valence-electron chi connectivity index (χ3n) is 4.63. The zero-order valence-electron chi connectivity index (χ0n) is 15.5. The molecule has 0 unspecified atom stereocenters. The van der Waals surface area contributed by atoms with Crippen LogP contribution in [-0.2, 0) is 19.3 Å². The van der Waals surface area contributed by atoms with Crippen LogP contribution in [0.3, 0.4) is 0 Å². The number of fused-ring (bicyclic) bond motifs is 1. The zero-order chi connectivity index (χ0) is 21.3. The van der Waals surface area contributed by atoms with Crippen molar-refractivity contribution in [2.75, 3.05) is 0 Å². The fourth-order valence-corrected chi connectivity index (χ4v) is 3.13. The fourth-order valence-electron chi connectivity index (χ4n) is 3.13. The van der Waals surface area contributed by atoms with Crippen LogP contribution in [0, 0.1) is 0 Å². The number of hydrogen-bond donors (Lipinski definition) is 0. The van der Waals surface area contributed by atoms with E-state index in [1.165, 1.54) is 12.1 Å². The molecule has 0 saturated heterocycles. The van der Waals surface area contributed by atoms with Crippen molar-refractivity contribution in [3.63, 3.8) is 0 Å². The minimum atomic E-state index is -4.41. The quantitative estimate of drug-likeness (QED) is 0.517. The van der Waals surface area contributed by atoms with Crippen LogP contribution in [0.2, 0.25) is 0 Å². The average molecular weight is 412 g/mol. The number of alkyl halides is 3. The van der Waals surface area contributed by atoms with Crippen molar-refractivity contribution in [1.29, 1.82) is 0 Å². The summed E-state index contributed by atoms with van der Waals surface area (Å²) in [5.74, 6) is 0.171. The lowest BCUT2D eigenvalue weighted by molar-refractivity contribution is -0.137. The minimum absolute atomic E-state index is 0.00472. The predicted octanol–water partition coefficient (Wildman–Crippen LogP) is 3.02. The molecule has 152 valence electrons. The van der Waals surface area contributed by atoms with Gasteiger partial charge in [-0.05, 0) is 42.0 Å². The number of hydrogen-bond acceptors (Lipinski definition) is 4. The van der Waals surface area contributed by atoms with Crippen molar-refractivity contribution >= 4 is 0 Å². The summed E-state index contributed by atoms with van der Waals surface area (Å²) in [6, 6.07) is 13.1. The number of aromatic nitrogens is 4. The SMILES string of the molecule is O=c1nc2n(Cc3ccc(C(F)(F)F)cc3)cccc-2c(=O)n1Cc1ccccn1. The van der Waals surface area contributed by atoms with Crippen molar-refractivity contribution in [1.82, 2.24) is 19.1 Å². The fraction of sp³-hybridized carbons (Fsp3) is 0.143. The molecule has 9 heteroatoms. The normalized spacial score (nSPS) is 11.7. The van der Waals surface area contributed by atoms with Crippen molar-refractivity contribution in [3.8, 4) is 11.4 Å². The van der Waals surface area contributed by atoms with Gasteiger partial charge in [0.2, 0.25) is 0 Å². The van der Waals surface area contributed by atoms with Gasteiger partial charge in [-0.25, -0.2) is 4.79 Å². The molecule has 0 atom stereocenters. The Morgan fingerprint density at radius 3 is 2.33 bits per heavy atom. The molecular weight excluding hydrogens is 397 g/mol. The molecule has 2 aromatic rings. The predicted molar refractivity (Wildman–Crippen MR) is 103 cm³/mol. The van der Waals surface area contributed by atoms with Gasteiger partial charge >= 0.3 is 11.9 Å². The van der Waals surface area contributed by atoms with Crippen molar-refractivity contribution < 1.29 is 13.2 Å². The lowest BCUT2D eigenvalue weighted by Crippen LogP contribution is -2.38. The molecule has 0 bridgehead atoms. The summed E-state index contributed by atoms with van der Waals surface area (Å²) in [6.45, 7) is 0.154. The van der Waals surface area contributed by atoms with Gasteiger partial charge in [-0.15, -0.1) is 0 Å². The van der Waals surface area contributed by atoms with Crippen LogP contribution in [0.4, 0.5) is 13.2 Å². The average Bonchev–Trinajstić information content (AvgIpc) is 2.72.